The normalized spacial score (nSPS) is 15.9. The number of nitro groups is 1. The molecule has 1 aromatic carbocycles. The molecule has 2 heterocycles. The number of nitro benzene ring substituents is 1. The van der Waals surface area contributed by atoms with Gasteiger partial charge in [0.2, 0.25) is 0 Å². The lowest BCUT2D eigenvalue weighted by molar-refractivity contribution is -0.384. The van der Waals surface area contributed by atoms with Crippen LogP contribution in [0.15, 0.2) is 45.7 Å². The summed E-state index contributed by atoms with van der Waals surface area (Å²) >= 11 is 0.901. The van der Waals surface area contributed by atoms with Crippen LogP contribution in [-0.2, 0) is 4.79 Å². The monoisotopic (exact) mass is 372 g/mol. The molecule has 0 saturated carbocycles. The van der Waals surface area contributed by atoms with E-state index in [2.05, 4.69) is 0 Å². The Bertz CT molecular complexity index is 885. The fourth-order valence-corrected chi connectivity index (χ4v) is 3.32. The van der Waals surface area contributed by atoms with Crippen molar-refractivity contribution in [2.24, 2.45) is 0 Å². The maximum atomic E-state index is 12.3. The molecule has 1 aliphatic heterocycles. The number of imide groups is 1. The minimum atomic E-state index is -0.466. The predicted molar refractivity (Wildman–Crippen MR) is 98.4 cm³/mol. The van der Waals surface area contributed by atoms with E-state index < -0.39 is 4.92 Å². The number of carbonyl (C=O) groups excluding carboxylic acids is 2. The minimum Gasteiger partial charge on any atom is -0.457 e. The summed E-state index contributed by atoms with van der Waals surface area (Å²) in [4.78, 5) is 36.1. The first kappa shape index (κ1) is 17.9. The van der Waals surface area contributed by atoms with Crippen LogP contribution in [0, 0.1) is 10.1 Å². The van der Waals surface area contributed by atoms with E-state index in [9.17, 15) is 19.7 Å². The first-order chi connectivity index (χ1) is 12.5. The number of carbonyl (C=O) groups is 2. The van der Waals surface area contributed by atoms with Gasteiger partial charge in [-0.1, -0.05) is 13.3 Å². The van der Waals surface area contributed by atoms with E-state index in [1.807, 2.05) is 6.92 Å². The summed E-state index contributed by atoms with van der Waals surface area (Å²) in [5, 5.41) is 10.4. The molecular weight excluding hydrogens is 356 g/mol. The molecule has 1 aromatic heterocycles. The fourth-order valence-electron chi connectivity index (χ4n) is 2.47. The number of hydrogen-bond donors (Lipinski definition) is 0. The molecule has 3 rings (SSSR count). The van der Waals surface area contributed by atoms with Gasteiger partial charge in [0.25, 0.3) is 16.8 Å². The largest absolute Gasteiger partial charge is 0.457 e. The number of non-ortho nitro benzene ring substituents is 1. The third-order valence-electron chi connectivity index (χ3n) is 3.87. The van der Waals surface area contributed by atoms with E-state index in [1.165, 1.54) is 17.0 Å². The van der Waals surface area contributed by atoms with Gasteiger partial charge in [0.1, 0.15) is 11.5 Å². The van der Waals surface area contributed by atoms with Gasteiger partial charge in [-0.15, -0.1) is 0 Å². The SMILES string of the molecule is CCCCN1C(=O)SC(=Cc2ccc(-c3ccc([N+](=O)[O-])cc3)o2)C1=O. The summed E-state index contributed by atoms with van der Waals surface area (Å²) in [7, 11) is 0. The first-order valence-corrected chi connectivity index (χ1v) is 8.91. The Morgan fingerprint density at radius 1 is 1.19 bits per heavy atom. The highest BCUT2D eigenvalue weighted by atomic mass is 32.2. The lowest BCUT2D eigenvalue weighted by Gasteiger charge is -2.10. The quantitative estimate of drug-likeness (QED) is 0.415. The van der Waals surface area contributed by atoms with Gasteiger partial charge < -0.3 is 4.42 Å². The summed E-state index contributed by atoms with van der Waals surface area (Å²) in [6, 6.07) is 9.40. The van der Waals surface area contributed by atoms with Crippen molar-refractivity contribution < 1.29 is 18.9 Å². The van der Waals surface area contributed by atoms with Gasteiger partial charge in [0, 0.05) is 30.3 Å². The van der Waals surface area contributed by atoms with E-state index in [-0.39, 0.29) is 16.8 Å². The Morgan fingerprint density at radius 3 is 2.58 bits per heavy atom. The Balaban J connectivity index is 1.78. The van der Waals surface area contributed by atoms with Crippen LogP contribution in [0.3, 0.4) is 0 Å². The van der Waals surface area contributed by atoms with E-state index in [0.29, 0.717) is 28.5 Å². The van der Waals surface area contributed by atoms with Crippen LogP contribution >= 0.6 is 11.8 Å². The average Bonchev–Trinajstić information content (AvgIpc) is 3.19. The standard InChI is InChI=1S/C18H16N2O5S/c1-2-3-10-19-17(21)16(26-18(19)22)11-14-8-9-15(25-14)12-4-6-13(7-5-12)20(23)24/h4-9,11H,2-3,10H2,1H3. The van der Waals surface area contributed by atoms with Gasteiger partial charge in [-0.05, 0) is 42.4 Å². The van der Waals surface area contributed by atoms with Crippen LogP contribution in [0.2, 0.25) is 0 Å². The summed E-state index contributed by atoms with van der Waals surface area (Å²) in [6.45, 7) is 2.42. The van der Waals surface area contributed by atoms with Gasteiger partial charge in [-0.3, -0.25) is 24.6 Å². The predicted octanol–water partition coefficient (Wildman–Crippen LogP) is 4.69. The van der Waals surface area contributed by atoms with E-state index >= 15 is 0 Å². The van der Waals surface area contributed by atoms with Crippen molar-refractivity contribution >= 4 is 34.7 Å². The van der Waals surface area contributed by atoms with Crippen molar-refractivity contribution in [2.45, 2.75) is 19.8 Å². The second-order valence-corrected chi connectivity index (χ2v) is 6.69. The smallest absolute Gasteiger partial charge is 0.293 e. The molecule has 0 N–H and O–H groups in total. The molecular formula is C18H16N2O5S. The molecule has 1 saturated heterocycles. The van der Waals surface area contributed by atoms with Crippen LogP contribution < -0.4 is 0 Å². The lowest BCUT2D eigenvalue weighted by Crippen LogP contribution is -2.29. The lowest BCUT2D eigenvalue weighted by atomic mass is 10.1. The topological polar surface area (TPSA) is 93.7 Å². The molecule has 2 aromatic rings. The van der Waals surface area contributed by atoms with E-state index in [0.717, 1.165) is 24.6 Å². The van der Waals surface area contributed by atoms with Crippen molar-refractivity contribution in [1.29, 1.82) is 0 Å². The zero-order valence-electron chi connectivity index (χ0n) is 14.0. The highest BCUT2D eigenvalue weighted by molar-refractivity contribution is 8.18. The van der Waals surface area contributed by atoms with Crippen LogP contribution in [0.1, 0.15) is 25.5 Å². The number of thioether (sulfide) groups is 1. The number of nitrogens with zero attached hydrogens (tertiary/aromatic N) is 2. The molecule has 0 spiro atoms. The molecule has 8 heteroatoms. The Morgan fingerprint density at radius 2 is 1.92 bits per heavy atom. The van der Waals surface area contributed by atoms with Crippen LogP contribution in [0.4, 0.5) is 10.5 Å². The van der Waals surface area contributed by atoms with Crippen LogP contribution in [0.25, 0.3) is 17.4 Å². The van der Waals surface area contributed by atoms with Crippen LogP contribution in [0.5, 0.6) is 0 Å². The molecule has 134 valence electrons. The first-order valence-electron chi connectivity index (χ1n) is 8.09. The number of hydrogen-bond acceptors (Lipinski definition) is 6. The molecule has 0 atom stereocenters. The van der Waals surface area contributed by atoms with Crippen molar-refractivity contribution in [1.82, 2.24) is 4.90 Å². The average molecular weight is 372 g/mol. The Hall–Kier alpha value is -2.87. The second-order valence-electron chi connectivity index (χ2n) is 5.69. The fraction of sp³-hybridized carbons (Fsp3) is 0.222. The third kappa shape index (κ3) is 3.70. The Labute approximate surface area is 153 Å². The number of rotatable bonds is 6. The molecule has 0 aliphatic carbocycles. The number of furan rings is 1. The van der Waals surface area contributed by atoms with Gasteiger partial charge in [-0.25, -0.2) is 0 Å². The minimum absolute atomic E-state index is 0.00119. The molecule has 0 unspecified atom stereocenters. The third-order valence-corrected chi connectivity index (χ3v) is 4.78. The van der Waals surface area contributed by atoms with Crippen molar-refractivity contribution in [3.63, 3.8) is 0 Å². The summed E-state index contributed by atoms with van der Waals surface area (Å²) in [5.41, 5.74) is 0.688. The van der Waals surface area contributed by atoms with Crippen LogP contribution in [-0.4, -0.2) is 27.5 Å². The van der Waals surface area contributed by atoms with Gasteiger partial charge in [0.15, 0.2) is 0 Å². The maximum Gasteiger partial charge on any atom is 0.293 e. The van der Waals surface area contributed by atoms with Gasteiger partial charge in [0.05, 0.1) is 9.83 Å². The maximum absolute atomic E-state index is 12.3. The highest BCUT2D eigenvalue weighted by Crippen LogP contribution is 2.33. The van der Waals surface area contributed by atoms with Crippen molar-refractivity contribution in [2.75, 3.05) is 6.54 Å². The number of amides is 2. The number of benzene rings is 1. The Kier molecular flexibility index (Phi) is 5.22. The molecule has 2 amide bonds. The van der Waals surface area contributed by atoms with Gasteiger partial charge >= 0.3 is 0 Å². The van der Waals surface area contributed by atoms with Crippen molar-refractivity contribution in [3.05, 3.63) is 57.2 Å². The zero-order valence-corrected chi connectivity index (χ0v) is 14.8. The molecule has 26 heavy (non-hydrogen) atoms. The van der Waals surface area contributed by atoms with Crippen molar-refractivity contribution in [3.8, 4) is 11.3 Å². The zero-order chi connectivity index (χ0) is 18.7. The summed E-state index contributed by atoms with van der Waals surface area (Å²) < 4.78 is 5.69. The molecule has 1 fully saturated rings. The molecule has 0 bridgehead atoms. The molecule has 0 radical (unpaired) electrons. The summed E-state index contributed by atoms with van der Waals surface area (Å²) in [6.07, 6.45) is 3.22. The summed E-state index contributed by atoms with van der Waals surface area (Å²) in [5.74, 6) is 0.664. The molecule has 7 nitrogen and oxygen atoms in total. The molecule has 1 aliphatic rings. The highest BCUT2D eigenvalue weighted by Gasteiger charge is 2.34. The second kappa shape index (κ2) is 7.57. The van der Waals surface area contributed by atoms with E-state index in [1.54, 1.807) is 30.3 Å². The van der Waals surface area contributed by atoms with E-state index in [4.69, 9.17) is 4.42 Å². The van der Waals surface area contributed by atoms with Gasteiger partial charge in [-0.2, -0.15) is 0 Å². The number of unbranched alkanes of at least 4 members (excludes halogenated alkanes) is 1.